The van der Waals surface area contributed by atoms with E-state index in [1.807, 2.05) is 0 Å². The molecule has 88 valence electrons. The lowest BCUT2D eigenvalue weighted by Gasteiger charge is -2.36. The number of hydrogen-bond donors (Lipinski definition) is 1. The Balaban J connectivity index is 2.03. The minimum atomic E-state index is -0.0701. The molecule has 0 spiro atoms. The van der Waals surface area contributed by atoms with Crippen LogP contribution < -0.4 is 5.32 Å². The van der Waals surface area contributed by atoms with Crippen LogP contribution in [0, 0.1) is 0 Å². The minimum absolute atomic E-state index is 0.0450. The number of aromatic nitrogens is 2. The molecule has 1 heterocycles. The first-order chi connectivity index (χ1) is 7.76. The molecule has 1 aromatic rings. The molecule has 0 aromatic carbocycles. The van der Waals surface area contributed by atoms with E-state index in [0.29, 0.717) is 4.88 Å². The van der Waals surface area contributed by atoms with Crippen LogP contribution in [0.25, 0.3) is 0 Å². The van der Waals surface area contributed by atoms with Crippen molar-refractivity contribution in [2.45, 2.75) is 37.6 Å². The highest BCUT2D eigenvalue weighted by atomic mass is 79.9. The van der Waals surface area contributed by atoms with Gasteiger partial charge in [0.15, 0.2) is 0 Å². The summed E-state index contributed by atoms with van der Waals surface area (Å²) in [6, 6.07) is 0. The monoisotopic (exact) mass is 303 g/mol. The third kappa shape index (κ3) is 2.60. The van der Waals surface area contributed by atoms with Gasteiger partial charge in [-0.1, -0.05) is 39.7 Å². The van der Waals surface area contributed by atoms with Gasteiger partial charge in [-0.25, -0.2) is 0 Å². The van der Waals surface area contributed by atoms with Gasteiger partial charge >= 0.3 is 0 Å². The molecular formula is C10H14BrN3OS. The molecule has 1 saturated carbocycles. The molecule has 16 heavy (non-hydrogen) atoms. The Labute approximate surface area is 107 Å². The van der Waals surface area contributed by atoms with Gasteiger partial charge in [0.1, 0.15) is 4.88 Å². The molecule has 1 N–H and O–H groups in total. The Morgan fingerprint density at radius 2 is 2.25 bits per heavy atom. The summed E-state index contributed by atoms with van der Waals surface area (Å²) in [6.07, 6.45) is 7.27. The molecule has 1 aromatic heterocycles. The summed E-state index contributed by atoms with van der Waals surface area (Å²) in [5, 5.41) is 7.63. The van der Waals surface area contributed by atoms with Crippen molar-refractivity contribution in [2.24, 2.45) is 0 Å². The van der Waals surface area contributed by atoms with Crippen molar-refractivity contribution in [3.63, 3.8) is 0 Å². The van der Waals surface area contributed by atoms with Crippen molar-refractivity contribution in [1.29, 1.82) is 0 Å². The van der Waals surface area contributed by atoms with Crippen LogP contribution in [0.5, 0.6) is 0 Å². The highest BCUT2D eigenvalue weighted by molar-refractivity contribution is 9.09. The Bertz CT molecular complexity index is 349. The van der Waals surface area contributed by atoms with Gasteiger partial charge in [-0.05, 0) is 24.4 Å². The van der Waals surface area contributed by atoms with Crippen molar-refractivity contribution >= 4 is 33.4 Å². The Morgan fingerprint density at radius 1 is 1.50 bits per heavy atom. The highest BCUT2D eigenvalue weighted by Crippen LogP contribution is 2.30. The number of carbonyl (C=O) groups excluding carboxylic acids is 1. The molecule has 0 aliphatic heterocycles. The van der Waals surface area contributed by atoms with Gasteiger partial charge < -0.3 is 5.32 Å². The van der Waals surface area contributed by atoms with Gasteiger partial charge in [0.25, 0.3) is 5.91 Å². The molecule has 1 fully saturated rings. The standard InChI is InChI=1S/C10H14BrN3OS/c11-7-10(4-2-1-3-5-10)13-9(15)8-6-12-14-16-8/h6H,1-5,7H2,(H,13,15). The van der Waals surface area contributed by atoms with Crippen LogP contribution in [-0.2, 0) is 0 Å². The first-order valence-electron chi connectivity index (χ1n) is 5.42. The maximum Gasteiger partial charge on any atom is 0.265 e. The first-order valence-corrected chi connectivity index (χ1v) is 7.31. The van der Waals surface area contributed by atoms with E-state index in [1.165, 1.54) is 25.5 Å². The maximum atomic E-state index is 11.9. The molecular weight excluding hydrogens is 290 g/mol. The quantitative estimate of drug-likeness (QED) is 0.872. The molecule has 2 rings (SSSR count). The zero-order chi connectivity index (χ0) is 11.4. The summed E-state index contributed by atoms with van der Waals surface area (Å²) in [7, 11) is 0. The van der Waals surface area contributed by atoms with E-state index < -0.39 is 0 Å². The molecule has 0 atom stereocenters. The topological polar surface area (TPSA) is 54.9 Å². The van der Waals surface area contributed by atoms with Gasteiger partial charge in [0.05, 0.1) is 11.7 Å². The number of nitrogens with zero attached hydrogens (tertiary/aromatic N) is 2. The largest absolute Gasteiger partial charge is 0.345 e. The zero-order valence-corrected chi connectivity index (χ0v) is 11.3. The second-order valence-electron chi connectivity index (χ2n) is 4.21. The minimum Gasteiger partial charge on any atom is -0.345 e. The smallest absolute Gasteiger partial charge is 0.265 e. The van der Waals surface area contributed by atoms with Crippen molar-refractivity contribution in [3.05, 3.63) is 11.1 Å². The number of hydrogen-bond acceptors (Lipinski definition) is 4. The number of rotatable bonds is 3. The third-order valence-electron chi connectivity index (χ3n) is 3.03. The van der Waals surface area contributed by atoms with Crippen molar-refractivity contribution in [1.82, 2.24) is 14.9 Å². The Kier molecular flexibility index (Phi) is 3.91. The van der Waals surface area contributed by atoms with Crippen LogP contribution in [0.1, 0.15) is 41.8 Å². The molecule has 0 unspecified atom stereocenters. The van der Waals surface area contributed by atoms with E-state index >= 15 is 0 Å². The van der Waals surface area contributed by atoms with E-state index in [4.69, 9.17) is 0 Å². The molecule has 0 saturated heterocycles. The molecule has 1 aliphatic carbocycles. The summed E-state index contributed by atoms with van der Waals surface area (Å²) in [6.45, 7) is 0. The van der Waals surface area contributed by atoms with Crippen molar-refractivity contribution in [2.75, 3.05) is 5.33 Å². The lowest BCUT2D eigenvalue weighted by molar-refractivity contribution is 0.0890. The number of halogens is 1. The average Bonchev–Trinajstić information content (AvgIpc) is 2.84. The SMILES string of the molecule is O=C(NC1(CBr)CCCCC1)c1cnns1. The summed E-state index contributed by atoms with van der Waals surface area (Å²) >= 11 is 4.66. The zero-order valence-electron chi connectivity index (χ0n) is 8.91. The van der Waals surface area contributed by atoms with Crippen LogP contribution >= 0.6 is 27.5 Å². The van der Waals surface area contributed by atoms with Crippen LogP contribution in [-0.4, -0.2) is 26.4 Å². The number of carbonyl (C=O) groups is 1. The van der Waals surface area contributed by atoms with E-state index in [0.717, 1.165) is 29.7 Å². The third-order valence-corrected chi connectivity index (χ3v) is 4.77. The van der Waals surface area contributed by atoms with E-state index in [9.17, 15) is 4.79 Å². The van der Waals surface area contributed by atoms with Gasteiger partial charge in [-0.2, -0.15) is 0 Å². The predicted molar refractivity (Wildman–Crippen MR) is 67.0 cm³/mol. The van der Waals surface area contributed by atoms with E-state index in [2.05, 4.69) is 30.8 Å². The van der Waals surface area contributed by atoms with Gasteiger partial charge in [0.2, 0.25) is 0 Å². The highest BCUT2D eigenvalue weighted by Gasteiger charge is 2.33. The van der Waals surface area contributed by atoms with Crippen LogP contribution in [0.2, 0.25) is 0 Å². The second kappa shape index (κ2) is 5.23. The first kappa shape index (κ1) is 12.0. The van der Waals surface area contributed by atoms with Crippen molar-refractivity contribution < 1.29 is 4.79 Å². The maximum absolute atomic E-state index is 11.9. The fraction of sp³-hybridized carbons (Fsp3) is 0.700. The molecule has 4 nitrogen and oxygen atoms in total. The second-order valence-corrected chi connectivity index (χ2v) is 5.56. The van der Waals surface area contributed by atoms with E-state index in [-0.39, 0.29) is 11.4 Å². The van der Waals surface area contributed by atoms with Crippen LogP contribution in [0.15, 0.2) is 6.20 Å². The molecule has 0 bridgehead atoms. The number of amides is 1. The fourth-order valence-corrected chi connectivity index (χ4v) is 3.20. The molecule has 1 aliphatic rings. The summed E-state index contributed by atoms with van der Waals surface area (Å²) in [5.74, 6) is -0.0450. The summed E-state index contributed by atoms with van der Waals surface area (Å²) in [5.41, 5.74) is -0.0701. The lowest BCUT2D eigenvalue weighted by Crippen LogP contribution is -2.51. The van der Waals surface area contributed by atoms with Gasteiger partial charge in [-0.15, -0.1) is 5.10 Å². The Morgan fingerprint density at radius 3 is 2.81 bits per heavy atom. The fourth-order valence-electron chi connectivity index (χ4n) is 2.09. The molecule has 0 radical (unpaired) electrons. The normalized spacial score (nSPS) is 19.3. The predicted octanol–water partition coefficient (Wildman–Crippen LogP) is 2.37. The van der Waals surface area contributed by atoms with Crippen LogP contribution in [0.4, 0.5) is 0 Å². The van der Waals surface area contributed by atoms with E-state index in [1.54, 1.807) is 0 Å². The van der Waals surface area contributed by atoms with Gasteiger partial charge in [0, 0.05) is 5.33 Å². The molecule has 1 amide bonds. The van der Waals surface area contributed by atoms with Gasteiger partial charge in [-0.3, -0.25) is 4.79 Å². The number of alkyl halides is 1. The van der Waals surface area contributed by atoms with Crippen LogP contribution in [0.3, 0.4) is 0 Å². The average molecular weight is 304 g/mol. The Hall–Kier alpha value is -0.490. The number of nitrogens with one attached hydrogen (secondary N) is 1. The summed E-state index contributed by atoms with van der Waals surface area (Å²) in [4.78, 5) is 12.5. The summed E-state index contributed by atoms with van der Waals surface area (Å²) < 4.78 is 3.70. The van der Waals surface area contributed by atoms with Crippen molar-refractivity contribution in [3.8, 4) is 0 Å². The molecule has 6 heteroatoms. The lowest BCUT2D eigenvalue weighted by atomic mass is 9.83.